The van der Waals surface area contributed by atoms with Gasteiger partial charge in [0.1, 0.15) is 0 Å². The quantitative estimate of drug-likeness (QED) is 0.917. The van der Waals surface area contributed by atoms with Gasteiger partial charge in [-0.3, -0.25) is 4.90 Å². The summed E-state index contributed by atoms with van der Waals surface area (Å²) in [5, 5.41) is 0. The molecule has 2 atom stereocenters. The number of nitrogens with zero attached hydrogens (tertiary/aromatic N) is 2. The van der Waals surface area contributed by atoms with Gasteiger partial charge in [-0.2, -0.15) is 0 Å². The molecular formula is C17H27N3. The van der Waals surface area contributed by atoms with Gasteiger partial charge in [-0.15, -0.1) is 0 Å². The van der Waals surface area contributed by atoms with Crippen molar-refractivity contribution in [2.75, 3.05) is 31.6 Å². The highest BCUT2D eigenvalue weighted by Crippen LogP contribution is 2.28. The Labute approximate surface area is 122 Å². The summed E-state index contributed by atoms with van der Waals surface area (Å²) < 4.78 is 0. The van der Waals surface area contributed by atoms with Crippen LogP contribution in [0.4, 0.5) is 5.69 Å². The lowest BCUT2D eigenvalue weighted by Crippen LogP contribution is -2.29. The molecule has 0 spiro atoms. The van der Waals surface area contributed by atoms with Gasteiger partial charge in [0, 0.05) is 38.4 Å². The molecule has 1 fully saturated rings. The second-order valence-corrected chi connectivity index (χ2v) is 6.63. The lowest BCUT2D eigenvalue weighted by Gasteiger charge is -2.28. The van der Waals surface area contributed by atoms with Gasteiger partial charge < -0.3 is 10.6 Å². The topological polar surface area (TPSA) is 32.5 Å². The molecule has 20 heavy (non-hydrogen) atoms. The molecule has 3 nitrogen and oxygen atoms in total. The Morgan fingerprint density at radius 2 is 2.20 bits per heavy atom. The molecular weight excluding hydrogens is 246 g/mol. The molecule has 3 rings (SSSR count). The van der Waals surface area contributed by atoms with Gasteiger partial charge >= 0.3 is 0 Å². The number of aryl methyl sites for hydroxylation is 1. The fourth-order valence-electron chi connectivity index (χ4n) is 3.63. The molecule has 2 N–H and O–H groups in total. The third-order valence-corrected chi connectivity index (χ3v) is 4.95. The molecule has 0 amide bonds. The third kappa shape index (κ3) is 2.84. The van der Waals surface area contributed by atoms with Crippen LogP contribution in [0.2, 0.25) is 0 Å². The Bertz CT molecular complexity index is 469. The molecule has 2 heterocycles. The minimum atomic E-state index is 0.331. The average Bonchev–Trinajstić information content (AvgIpc) is 2.88. The molecule has 3 heteroatoms. The van der Waals surface area contributed by atoms with E-state index >= 15 is 0 Å². The van der Waals surface area contributed by atoms with Gasteiger partial charge in [0.2, 0.25) is 0 Å². The number of fused-ring (bicyclic) bond motifs is 1. The summed E-state index contributed by atoms with van der Waals surface area (Å²) in [4.78, 5) is 4.94. The van der Waals surface area contributed by atoms with Crippen molar-refractivity contribution in [3.63, 3.8) is 0 Å². The number of hydrogen-bond acceptors (Lipinski definition) is 3. The summed E-state index contributed by atoms with van der Waals surface area (Å²) in [5.74, 6) is 0.679. The van der Waals surface area contributed by atoms with Crippen molar-refractivity contribution in [1.29, 1.82) is 0 Å². The summed E-state index contributed by atoms with van der Waals surface area (Å²) in [6.45, 7) is 6.77. The number of nitrogens with two attached hydrogens (primary N) is 1. The number of anilines is 1. The molecule has 0 bridgehead atoms. The summed E-state index contributed by atoms with van der Waals surface area (Å²) in [6, 6.07) is 7.37. The van der Waals surface area contributed by atoms with Gasteiger partial charge in [-0.05, 0) is 55.8 Å². The predicted octanol–water partition coefficient (Wildman–Crippen LogP) is 2.24. The summed E-state index contributed by atoms with van der Waals surface area (Å²) >= 11 is 0. The Morgan fingerprint density at radius 1 is 1.35 bits per heavy atom. The minimum absolute atomic E-state index is 0.331. The van der Waals surface area contributed by atoms with E-state index in [2.05, 4.69) is 42.0 Å². The molecule has 2 unspecified atom stereocenters. The van der Waals surface area contributed by atoms with E-state index in [1.54, 1.807) is 0 Å². The van der Waals surface area contributed by atoms with Gasteiger partial charge in [-0.25, -0.2) is 0 Å². The maximum atomic E-state index is 6.03. The number of hydrogen-bond donors (Lipinski definition) is 1. The first-order valence-electron chi connectivity index (χ1n) is 7.94. The fraction of sp³-hybridized carbons (Fsp3) is 0.647. The zero-order valence-corrected chi connectivity index (χ0v) is 12.8. The third-order valence-electron chi connectivity index (χ3n) is 4.95. The van der Waals surface area contributed by atoms with Crippen LogP contribution in [0, 0.1) is 5.92 Å². The average molecular weight is 273 g/mol. The molecule has 2 aliphatic rings. The first kappa shape index (κ1) is 13.9. The second kappa shape index (κ2) is 5.74. The summed E-state index contributed by atoms with van der Waals surface area (Å²) in [5.41, 5.74) is 10.4. The SMILES string of the molecule is CC(N)C1CCN(Cc2ccc3c(c2)CCCN3C)C1. The molecule has 1 aromatic carbocycles. The van der Waals surface area contributed by atoms with E-state index in [-0.39, 0.29) is 0 Å². The van der Waals surface area contributed by atoms with Crippen molar-refractivity contribution >= 4 is 5.69 Å². The monoisotopic (exact) mass is 273 g/mol. The van der Waals surface area contributed by atoms with E-state index < -0.39 is 0 Å². The molecule has 1 aromatic rings. The first-order valence-corrected chi connectivity index (χ1v) is 7.94. The van der Waals surface area contributed by atoms with Crippen molar-refractivity contribution in [1.82, 2.24) is 4.90 Å². The lowest BCUT2D eigenvalue weighted by atomic mass is 9.99. The minimum Gasteiger partial charge on any atom is -0.374 e. The van der Waals surface area contributed by atoms with Crippen LogP contribution in [0.1, 0.15) is 30.9 Å². The Kier molecular flexibility index (Phi) is 3.99. The number of benzene rings is 1. The maximum Gasteiger partial charge on any atom is 0.0396 e. The second-order valence-electron chi connectivity index (χ2n) is 6.63. The standard InChI is InChI=1S/C17H27N3/c1-13(18)16-7-9-20(12-16)11-14-5-6-17-15(10-14)4-3-8-19(17)2/h5-6,10,13,16H,3-4,7-9,11-12,18H2,1-2H3. The van der Waals surface area contributed by atoms with E-state index in [0.29, 0.717) is 12.0 Å². The van der Waals surface area contributed by atoms with Crippen LogP contribution in [-0.4, -0.2) is 37.6 Å². The van der Waals surface area contributed by atoms with Crippen LogP contribution >= 0.6 is 0 Å². The fourth-order valence-corrected chi connectivity index (χ4v) is 3.63. The molecule has 0 radical (unpaired) electrons. The van der Waals surface area contributed by atoms with E-state index in [0.717, 1.165) is 13.1 Å². The van der Waals surface area contributed by atoms with Crippen LogP contribution in [-0.2, 0) is 13.0 Å². The highest BCUT2D eigenvalue weighted by Gasteiger charge is 2.25. The van der Waals surface area contributed by atoms with Crippen molar-refractivity contribution in [3.8, 4) is 0 Å². The van der Waals surface area contributed by atoms with Crippen molar-refractivity contribution < 1.29 is 0 Å². The molecule has 0 aliphatic carbocycles. The van der Waals surface area contributed by atoms with Crippen LogP contribution in [0.3, 0.4) is 0 Å². The highest BCUT2D eigenvalue weighted by atomic mass is 15.1. The summed E-state index contributed by atoms with van der Waals surface area (Å²) in [7, 11) is 2.20. The van der Waals surface area contributed by atoms with E-state index in [9.17, 15) is 0 Å². The molecule has 0 aromatic heterocycles. The Balaban J connectivity index is 1.67. The molecule has 1 saturated heterocycles. The van der Waals surface area contributed by atoms with Crippen molar-refractivity contribution in [2.24, 2.45) is 11.7 Å². The molecule has 2 aliphatic heterocycles. The maximum absolute atomic E-state index is 6.03. The predicted molar refractivity (Wildman–Crippen MR) is 85.1 cm³/mol. The summed E-state index contributed by atoms with van der Waals surface area (Å²) in [6.07, 6.45) is 3.77. The normalized spacial score (nSPS) is 24.8. The highest BCUT2D eigenvalue weighted by molar-refractivity contribution is 5.56. The number of rotatable bonds is 3. The van der Waals surface area contributed by atoms with Crippen LogP contribution in [0.25, 0.3) is 0 Å². The van der Waals surface area contributed by atoms with Crippen LogP contribution in [0.5, 0.6) is 0 Å². The lowest BCUT2D eigenvalue weighted by molar-refractivity contribution is 0.308. The van der Waals surface area contributed by atoms with E-state index in [1.165, 1.54) is 49.2 Å². The smallest absolute Gasteiger partial charge is 0.0396 e. The van der Waals surface area contributed by atoms with E-state index in [4.69, 9.17) is 5.73 Å². The Hall–Kier alpha value is -1.06. The Morgan fingerprint density at radius 3 is 2.95 bits per heavy atom. The number of likely N-dealkylation sites (tertiary alicyclic amines) is 1. The van der Waals surface area contributed by atoms with Gasteiger partial charge in [0.25, 0.3) is 0 Å². The van der Waals surface area contributed by atoms with Crippen molar-refractivity contribution in [2.45, 2.75) is 38.8 Å². The van der Waals surface area contributed by atoms with Crippen LogP contribution in [0.15, 0.2) is 18.2 Å². The van der Waals surface area contributed by atoms with E-state index in [1.807, 2.05) is 0 Å². The van der Waals surface area contributed by atoms with Gasteiger partial charge in [0.05, 0.1) is 0 Å². The molecule has 0 saturated carbocycles. The van der Waals surface area contributed by atoms with Crippen molar-refractivity contribution in [3.05, 3.63) is 29.3 Å². The van der Waals surface area contributed by atoms with Crippen LogP contribution < -0.4 is 10.6 Å². The zero-order chi connectivity index (χ0) is 14.1. The van der Waals surface area contributed by atoms with Gasteiger partial charge in [0.15, 0.2) is 0 Å². The molecule has 110 valence electrons. The largest absolute Gasteiger partial charge is 0.374 e. The van der Waals surface area contributed by atoms with Gasteiger partial charge in [-0.1, -0.05) is 12.1 Å². The zero-order valence-electron chi connectivity index (χ0n) is 12.8. The first-order chi connectivity index (χ1) is 9.63.